The molecule has 1 atom stereocenters. The van der Waals surface area contributed by atoms with Crippen molar-refractivity contribution >= 4 is 11.6 Å². The van der Waals surface area contributed by atoms with E-state index < -0.39 is 0 Å². The summed E-state index contributed by atoms with van der Waals surface area (Å²) in [6.45, 7) is 5.49. The van der Waals surface area contributed by atoms with Crippen molar-refractivity contribution in [3.05, 3.63) is 47.9 Å². The molecule has 0 radical (unpaired) electrons. The second kappa shape index (κ2) is 7.99. The van der Waals surface area contributed by atoms with Gasteiger partial charge in [-0.05, 0) is 36.6 Å². The quantitative estimate of drug-likeness (QED) is 0.629. The molecular weight excluding hydrogens is 288 g/mol. The van der Waals surface area contributed by atoms with Crippen LogP contribution in [0.3, 0.4) is 0 Å². The van der Waals surface area contributed by atoms with Crippen molar-refractivity contribution in [2.75, 3.05) is 13.2 Å². The van der Waals surface area contributed by atoms with Gasteiger partial charge in [-0.25, -0.2) is 0 Å². The normalized spacial score (nSPS) is 12.1. The minimum atomic E-state index is -0.257. The number of rotatable bonds is 8. The van der Waals surface area contributed by atoms with Gasteiger partial charge in [-0.3, -0.25) is 0 Å². The average Bonchev–Trinajstić information content (AvgIpc) is 3.04. The number of ether oxygens (including phenoxy) is 2. The third-order valence-electron chi connectivity index (χ3n) is 3.02. The summed E-state index contributed by atoms with van der Waals surface area (Å²) in [6.07, 6.45) is 5.19. The molecule has 0 N–H and O–H groups in total. The van der Waals surface area contributed by atoms with E-state index >= 15 is 0 Å². The van der Waals surface area contributed by atoms with E-state index in [1.807, 2.05) is 24.3 Å². The van der Waals surface area contributed by atoms with E-state index in [0.717, 1.165) is 35.5 Å². The highest BCUT2D eigenvalue weighted by atomic mass is 35.5. The SMILES string of the molecule is CCCOc1ccc(C(Cl)c2ccoc2)cc1OCCC. The Labute approximate surface area is 130 Å². The first-order chi connectivity index (χ1) is 10.3. The topological polar surface area (TPSA) is 31.6 Å². The van der Waals surface area contributed by atoms with E-state index in [1.165, 1.54) is 0 Å². The monoisotopic (exact) mass is 308 g/mol. The Morgan fingerprint density at radius 1 is 1.00 bits per heavy atom. The fourth-order valence-electron chi connectivity index (χ4n) is 1.95. The van der Waals surface area contributed by atoms with E-state index in [1.54, 1.807) is 12.5 Å². The largest absolute Gasteiger partial charge is 0.490 e. The fourth-order valence-corrected chi connectivity index (χ4v) is 2.21. The van der Waals surface area contributed by atoms with Crippen LogP contribution in [-0.4, -0.2) is 13.2 Å². The summed E-state index contributed by atoms with van der Waals surface area (Å²) in [6, 6.07) is 7.71. The van der Waals surface area contributed by atoms with E-state index in [0.29, 0.717) is 13.2 Å². The molecule has 114 valence electrons. The lowest BCUT2D eigenvalue weighted by molar-refractivity contribution is 0.268. The molecule has 2 rings (SSSR count). The van der Waals surface area contributed by atoms with Gasteiger partial charge in [0.2, 0.25) is 0 Å². The molecule has 1 unspecified atom stereocenters. The number of hydrogen-bond donors (Lipinski definition) is 0. The van der Waals surface area contributed by atoms with E-state index in [4.69, 9.17) is 25.5 Å². The molecule has 21 heavy (non-hydrogen) atoms. The van der Waals surface area contributed by atoms with Gasteiger partial charge in [0.15, 0.2) is 11.5 Å². The molecule has 0 saturated heterocycles. The van der Waals surface area contributed by atoms with Gasteiger partial charge in [0.25, 0.3) is 0 Å². The Balaban J connectivity index is 2.22. The van der Waals surface area contributed by atoms with Crippen LogP contribution in [0.5, 0.6) is 11.5 Å². The summed E-state index contributed by atoms with van der Waals surface area (Å²) in [5.41, 5.74) is 1.90. The molecule has 1 aromatic heterocycles. The van der Waals surface area contributed by atoms with Gasteiger partial charge in [0.05, 0.1) is 31.1 Å². The minimum absolute atomic E-state index is 0.257. The molecule has 3 nitrogen and oxygen atoms in total. The van der Waals surface area contributed by atoms with E-state index in [9.17, 15) is 0 Å². The third-order valence-corrected chi connectivity index (χ3v) is 3.52. The number of benzene rings is 1. The lowest BCUT2D eigenvalue weighted by atomic mass is 10.1. The van der Waals surface area contributed by atoms with Crippen molar-refractivity contribution in [2.45, 2.75) is 32.1 Å². The molecule has 0 aliphatic carbocycles. The van der Waals surface area contributed by atoms with Gasteiger partial charge in [0.1, 0.15) is 0 Å². The smallest absolute Gasteiger partial charge is 0.161 e. The average molecular weight is 309 g/mol. The van der Waals surface area contributed by atoms with Gasteiger partial charge in [0, 0.05) is 5.56 Å². The van der Waals surface area contributed by atoms with E-state index in [2.05, 4.69) is 13.8 Å². The summed E-state index contributed by atoms with van der Waals surface area (Å²) < 4.78 is 16.6. The lowest BCUT2D eigenvalue weighted by Crippen LogP contribution is -2.02. The van der Waals surface area contributed by atoms with Crippen molar-refractivity contribution in [1.82, 2.24) is 0 Å². The molecule has 0 aliphatic rings. The first-order valence-corrected chi connectivity index (χ1v) is 7.75. The summed E-state index contributed by atoms with van der Waals surface area (Å²) >= 11 is 6.48. The summed E-state index contributed by atoms with van der Waals surface area (Å²) in [5, 5.41) is -0.257. The van der Waals surface area contributed by atoms with Crippen molar-refractivity contribution in [2.24, 2.45) is 0 Å². The van der Waals surface area contributed by atoms with Crippen LogP contribution in [0, 0.1) is 0 Å². The first-order valence-electron chi connectivity index (χ1n) is 7.32. The molecule has 0 saturated carbocycles. The van der Waals surface area contributed by atoms with Crippen LogP contribution in [0.1, 0.15) is 43.2 Å². The van der Waals surface area contributed by atoms with Gasteiger partial charge in [-0.15, -0.1) is 11.6 Å². The van der Waals surface area contributed by atoms with Crippen LogP contribution in [-0.2, 0) is 0 Å². The van der Waals surface area contributed by atoms with E-state index in [-0.39, 0.29) is 5.38 Å². The zero-order valence-electron chi connectivity index (χ0n) is 12.5. The Hall–Kier alpha value is -1.61. The van der Waals surface area contributed by atoms with Crippen molar-refractivity contribution in [1.29, 1.82) is 0 Å². The minimum Gasteiger partial charge on any atom is -0.490 e. The molecule has 0 spiro atoms. The van der Waals surface area contributed by atoms with Gasteiger partial charge in [-0.2, -0.15) is 0 Å². The zero-order chi connectivity index (χ0) is 15.1. The third kappa shape index (κ3) is 4.18. The maximum atomic E-state index is 6.48. The second-order valence-electron chi connectivity index (χ2n) is 4.82. The summed E-state index contributed by atoms with van der Waals surface area (Å²) in [5.74, 6) is 1.52. The molecule has 0 bridgehead atoms. The Morgan fingerprint density at radius 3 is 2.33 bits per heavy atom. The Kier molecular flexibility index (Phi) is 6.00. The second-order valence-corrected chi connectivity index (χ2v) is 5.26. The highest BCUT2D eigenvalue weighted by molar-refractivity contribution is 6.22. The van der Waals surface area contributed by atoms with Crippen molar-refractivity contribution in [3.8, 4) is 11.5 Å². The van der Waals surface area contributed by atoms with Gasteiger partial charge < -0.3 is 13.9 Å². The number of furan rings is 1. The van der Waals surface area contributed by atoms with Crippen LogP contribution in [0.2, 0.25) is 0 Å². The zero-order valence-corrected chi connectivity index (χ0v) is 13.2. The number of halogens is 1. The highest BCUT2D eigenvalue weighted by Crippen LogP contribution is 2.36. The maximum absolute atomic E-state index is 6.48. The highest BCUT2D eigenvalue weighted by Gasteiger charge is 2.15. The predicted molar refractivity (Wildman–Crippen MR) is 84.4 cm³/mol. The molecule has 4 heteroatoms. The molecule has 0 fully saturated rings. The van der Waals surface area contributed by atoms with Crippen LogP contribution < -0.4 is 9.47 Å². The number of alkyl halides is 1. The van der Waals surface area contributed by atoms with Crippen molar-refractivity contribution in [3.63, 3.8) is 0 Å². The molecule has 2 aromatic rings. The summed E-state index contributed by atoms with van der Waals surface area (Å²) in [4.78, 5) is 0. The first kappa shape index (κ1) is 15.8. The van der Waals surface area contributed by atoms with Crippen LogP contribution in [0.25, 0.3) is 0 Å². The Morgan fingerprint density at radius 2 is 1.71 bits per heavy atom. The van der Waals surface area contributed by atoms with Crippen LogP contribution in [0.4, 0.5) is 0 Å². The standard InChI is InChI=1S/C17H21ClO3/c1-3-8-20-15-6-5-13(11-16(15)21-9-4-2)17(18)14-7-10-19-12-14/h5-7,10-12,17H,3-4,8-9H2,1-2H3. The van der Waals surface area contributed by atoms with Crippen LogP contribution in [0.15, 0.2) is 41.2 Å². The maximum Gasteiger partial charge on any atom is 0.161 e. The van der Waals surface area contributed by atoms with Gasteiger partial charge >= 0.3 is 0 Å². The molecule has 0 amide bonds. The fraction of sp³-hybridized carbons (Fsp3) is 0.412. The molecule has 0 aliphatic heterocycles. The molecular formula is C17H21ClO3. The summed E-state index contributed by atoms with van der Waals surface area (Å²) in [7, 11) is 0. The molecule has 1 aromatic carbocycles. The Bertz CT molecular complexity index is 537. The molecule has 1 heterocycles. The lowest BCUT2D eigenvalue weighted by Gasteiger charge is -2.15. The van der Waals surface area contributed by atoms with Gasteiger partial charge in [-0.1, -0.05) is 19.9 Å². The van der Waals surface area contributed by atoms with Crippen LogP contribution >= 0.6 is 11.6 Å². The predicted octanol–water partition coefficient (Wildman–Crippen LogP) is 5.19. The van der Waals surface area contributed by atoms with Crippen molar-refractivity contribution < 1.29 is 13.9 Å². The number of hydrogen-bond acceptors (Lipinski definition) is 3.